The van der Waals surface area contributed by atoms with Crippen LogP contribution in [-0.2, 0) is 21.2 Å². The molecule has 27 heavy (non-hydrogen) atoms. The van der Waals surface area contributed by atoms with Crippen molar-refractivity contribution in [3.8, 4) is 5.69 Å². The average molecular weight is 406 g/mol. The van der Waals surface area contributed by atoms with E-state index in [1.807, 2.05) is 0 Å². The van der Waals surface area contributed by atoms with Crippen LogP contribution in [-0.4, -0.2) is 29.1 Å². The number of nitrogens with two attached hydrogens (primary N) is 1. The lowest BCUT2D eigenvalue weighted by atomic mass is 10.1. The number of amides is 1. The van der Waals surface area contributed by atoms with Crippen molar-refractivity contribution in [2.24, 2.45) is 5.14 Å². The molecule has 1 amide bonds. The highest BCUT2D eigenvalue weighted by Crippen LogP contribution is 2.23. The van der Waals surface area contributed by atoms with Crippen LogP contribution in [0.1, 0.15) is 11.4 Å². The maximum atomic E-state index is 12.3. The van der Waals surface area contributed by atoms with Gasteiger partial charge in [-0.05, 0) is 36.8 Å². The van der Waals surface area contributed by atoms with E-state index in [4.69, 9.17) is 16.7 Å². The van der Waals surface area contributed by atoms with Crippen molar-refractivity contribution < 1.29 is 13.2 Å². The summed E-state index contributed by atoms with van der Waals surface area (Å²) < 4.78 is 25.3. The van der Waals surface area contributed by atoms with Gasteiger partial charge in [0.1, 0.15) is 17.0 Å². The molecule has 0 radical (unpaired) electrons. The van der Waals surface area contributed by atoms with Crippen LogP contribution in [0.5, 0.6) is 0 Å². The predicted molar refractivity (Wildman–Crippen MR) is 101 cm³/mol. The first-order chi connectivity index (χ1) is 12.7. The van der Waals surface area contributed by atoms with E-state index in [0.717, 1.165) is 0 Å². The molecule has 8 nitrogen and oxygen atoms in total. The Labute approximate surface area is 161 Å². The first-order valence-electron chi connectivity index (χ1n) is 7.83. The first kappa shape index (κ1) is 19.0. The summed E-state index contributed by atoms with van der Waals surface area (Å²) in [5.41, 5.74) is 1.19. The molecule has 3 aromatic rings. The summed E-state index contributed by atoms with van der Waals surface area (Å²) >= 11 is 6.06. The molecular weight excluding hydrogens is 390 g/mol. The molecule has 0 bridgehead atoms. The zero-order valence-corrected chi connectivity index (χ0v) is 15.8. The lowest BCUT2D eigenvalue weighted by Crippen LogP contribution is -2.18. The van der Waals surface area contributed by atoms with E-state index in [1.54, 1.807) is 37.3 Å². The van der Waals surface area contributed by atoms with Gasteiger partial charge < -0.3 is 5.32 Å². The van der Waals surface area contributed by atoms with Crippen LogP contribution in [0.3, 0.4) is 0 Å². The Hall–Kier alpha value is -2.75. The molecule has 0 fully saturated rings. The van der Waals surface area contributed by atoms with Gasteiger partial charge in [0.05, 0.1) is 12.1 Å². The molecule has 140 valence electrons. The van der Waals surface area contributed by atoms with Crippen molar-refractivity contribution in [2.75, 3.05) is 5.32 Å². The number of nitrogens with zero attached hydrogens (tertiary/aromatic N) is 3. The number of sulfonamides is 1. The number of carbonyl (C=O) groups is 1. The molecule has 0 aliphatic rings. The Bertz CT molecular complexity index is 1110. The quantitative estimate of drug-likeness (QED) is 0.673. The number of nitrogens with one attached hydrogen (secondary N) is 1. The lowest BCUT2D eigenvalue weighted by molar-refractivity contribution is -0.115. The third-order valence-corrected chi connectivity index (χ3v) is 5.02. The zero-order valence-electron chi connectivity index (χ0n) is 14.3. The van der Waals surface area contributed by atoms with Gasteiger partial charge in [-0.1, -0.05) is 29.8 Å². The molecule has 2 aromatic carbocycles. The number of aryl methyl sites for hydroxylation is 1. The molecule has 3 rings (SSSR count). The predicted octanol–water partition coefficient (Wildman–Crippen LogP) is 2.06. The van der Waals surface area contributed by atoms with Gasteiger partial charge in [-0.15, -0.1) is 0 Å². The Morgan fingerprint density at radius 1 is 1.26 bits per heavy atom. The van der Waals surface area contributed by atoms with Crippen molar-refractivity contribution in [2.45, 2.75) is 18.2 Å². The van der Waals surface area contributed by atoms with Gasteiger partial charge in [0.25, 0.3) is 0 Å². The molecule has 3 N–H and O–H groups in total. The van der Waals surface area contributed by atoms with Crippen LogP contribution >= 0.6 is 11.6 Å². The number of primary sulfonamides is 1. The van der Waals surface area contributed by atoms with Gasteiger partial charge in [-0.25, -0.2) is 23.2 Å². The Balaban J connectivity index is 1.89. The van der Waals surface area contributed by atoms with Crippen molar-refractivity contribution in [1.82, 2.24) is 14.8 Å². The smallest absolute Gasteiger partial charge is 0.240 e. The highest BCUT2D eigenvalue weighted by molar-refractivity contribution is 7.89. The number of benzene rings is 2. The minimum atomic E-state index is -4.06. The fourth-order valence-corrected chi connectivity index (χ4v) is 3.44. The van der Waals surface area contributed by atoms with Gasteiger partial charge in [0.15, 0.2) is 0 Å². The van der Waals surface area contributed by atoms with Crippen molar-refractivity contribution >= 4 is 33.2 Å². The fraction of sp³-hybridized carbons (Fsp3) is 0.118. The van der Waals surface area contributed by atoms with E-state index in [1.165, 1.54) is 23.1 Å². The van der Waals surface area contributed by atoms with Gasteiger partial charge in [0, 0.05) is 10.7 Å². The van der Waals surface area contributed by atoms with Crippen LogP contribution in [0.15, 0.2) is 53.7 Å². The monoisotopic (exact) mass is 405 g/mol. The number of aromatic nitrogens is 3. The molecule has 0 aliphatic carbocycles. The molecule has 0 aliphatic heterocycles. The minimum Gasteiger partial charge on any atom is -0.326 e. The van der Waals surface area contributed by atoms with Crippen LogP contribution in [0.2, 0.25) is 5.02 Å². The van der Waals surface area contributed by atoms with Crippen molar-refractivity contribution in [3.05, 3.63) is 65.2 Å². The zero-order chi connectivity index (χ0) is 19.6. The van der Waals surface area contributed by atoms with Gasteiger partial charge >= 0.3 is 0 Å². The molecule has 0 saturated carbocycles. The summed E-state index contributed by atoms with van der Waals surface area (Å²) in [6.07, 6.45) is 1.43. The molecule has 0 unspecified atom stereocenters. The topological polar surface area (TPSA) is 120 Å². The number of carbonyl (C=O) groups excluding carboxylic acids is 1. The fourth-order valence-electron chi connectivity index (χ4n) is 2.49. The number of rotatable bonds is 5. The van der Waals surface area contributed by atoms with E-state index in [9.17, 15) is 13.2 Å². The number of halogens is 1. The number of hydrogen-bond acceptors (Lipinski definition) is 5. The van der Waals surface area contributed by atoms with Gasteiger partial charge in [-0.2, -0.15) is 5.10 Å². The van der Waals surface area contributed by atoms with E-state index < -0.39 is 10.0 Å². The third-order valence-electron chi connectivity index (χ3n) is 3.71. The second-order valence-corrected chi connectivity index (χ2v) is 7.72. The molecular formula is C17H16ClN5O3S. The van der Waals surface area contributed by atoms with E-state index in [-0.39, 0.29) is 28.6 Å². The Morgan fingerprint density at radius 3 is 2.63 bits per heavy atom. The maximum Gasteiger partial charge on any atom is 0.240 e. The molecule has 0 spiro atoms. The van der Waals surface area contributed by atoms with Crippen LogP contribution in [0.4, 0.5) is 5.69 Å². The van der Waals surface area contributed by atoms with Crippen molar-refractivity contribution in [3.63, 3.8) is 0 Å². The van der Waals surface area contributed by atoms with E-state index in [0.29, 0.717) is 16.4 Å². The van der Waals surface area contributed by atoms with Crippen LogP contribution in [0.25, 0.3) is 5.69 Å². The second-order valence-electron chi connectivity index (χ2n) is 5.78. The average Bonchev–Trinajstić information content (AvgIpc) is 3.02. The standard InChI is InChI=1S/C17H16ClN5O3S/c1-11-20-10-23(22-11)15-7-6-13(9-16(15)27(19,25)26)21-17(24)8-12-4-2-3-5-14(12)18/h2-7,9-10H,8H2,1H3,(H,21,24)(H2,19,25,26). The number of anilines is 1. The summed E-state index contributed by atoms with van der Waals surface area (Å²) in [6.45, 7) is 1.68. The Morgan fingerprint density at radius 2 is 2.00 bits per heavy atom. The summed E-state index contributed by atoms with van der Waals surface area (Å²) in [5.74, 6) is 0.139. The Kier molecular flexibility index (Phi) is 5.26. The normalized spacial score (nSPS) is 11.4. The first-order valence-corrected chi connectivity index (χ1v) is 9.75. The third kappa shape index (κ3) is 4.51. The largest absolute Gasteiger partial charge is 0.326 e. The second kappa shape index (κ2) is 7.47. The summed E-state index contributed by atoms with van der Waals surface area (Å²) in [7, 11) is -4.06. The highest BCUT2D eigenvalue weighted by atomic mass is 35.5. The van der Waals surface area contributed by atoms with E-state index >= 15 is 0 Å². The number of hydrogen-bond donors (Lipinski definition) is 2. The molecule has 0 saturated heterocycles. The summed E-state index contributed by atoms with van der Waals surface area (Å²) in [5, 5.41) is 12.6. The van der Waals surface area contributed by atoms with Crippen LogP contribution < -0.4 is 10.5 Å². The van der Waals surface area contributed by atoms with Gasteiger partial charge in [-0.3, -0.25) is 4.79 Å². The minimum absolute atomic E-state index is 0.0500. The molecule has 10 heteroatoms. The van der Waals surface area contributed by atoms with Crippen molar-refractivity contribution in [1.29, 1.82) is 0 Å². The summed E-state index contributed by atoms with van der Waals surface area (Å²) in [6, 6.07) is 11.3. The summed E-state index contributed by atoms with van der Waals surface area (Å²) in [4.78, 5) is 16.1. The molecule has 0 atom stereocenters. The van der Waals surface area contributed by atoms with E-state index in [2.05, 4.69) is 15.4 Å². The maximum absolute atomic E-state index is 12.3. The van der Waals surface area contributed by atoms with Gasteiger partial charge in [0.2, 0.25) is 15.9 Å². The SMILES string of the molecule is Cc1ncn(-c2ccc(NC(=O)Cc3ccccc3Cl)cc2S(N)(=O)=O)n1. The molecule has 1 heterocycles. The lowest BCUT2D eigenvalue weighted by Gasteiger charge is -2.11. The van der Waals surface area contributed by atoms with Crippen LogP contribution in [0, 0.1) is 6.92 Å². The molecule has 1 aromatic heterocycles. The highest BCUT2D eigenvalue weighted by Gasteiger charge is 2.18.